The number of ether oxygens (including phenoxy) is 1. The smallest absolute Gasteiger partial charge is 0.324 e. The number of amides is 2. The lowest BCUT2D eigenvalue weighted by Crippen LogP contribution is -2.48. The van der Waals surface area contributed by atoms with E-state index in [2.05, 4.69) is 42.5 Å². The summed E-state index contributed by atoms with van der Waals surface area (Å²) >= 11 is 0. The van der Waals surface area contributed by atoms with Crippen LogP contribution in [-0.4, -0.2) is 54.7 Å². The summed E-state index contributed by atoms with van der Waals surface area (Å²) in [6.45, 7) is 2.00. The van der Waals surface area contributed by atoms with Crippen molar-refractivity contribution in [1.82, 2.24) is 4.90 Å². The molecule has 6 nitrogen and oxygen atoms in total. The summed E-state index contributed by atoms with van der Waals surface area (Å²) in [5, 5.41) is 9.12. The fraction of sp³-hybridized carbons (Fsp3) is 0.241. The molecule has 1 aliphatic carbocycles. The molecule has 6 heteroatoms. The van der Waals surface area contributed by atoms with Crippen LogP contribution >= 0.6 is 0 Å². The number of carbonyl (C=O) groups excluding carboxylic acids is 2. The molecule has 3 aromatic carbocycles. The van der Waals surface area contributed by atoms with Crippen LogP contribution in [0.1, 0.15) is 27.0 Å². The molecule has 3 aromatic rings. The predicted octanol–water partition coefficient (Wildman–Crippen LogP) is 4.56. The number of carbonyl (C=O) groups is 2. The molecular weight excluding hydrogens is 440 g/mol. The molecule has 1 fully saturated rings. The molecule has 1 heterocycles. The molecule has 0 aromatic heterocycles. The van der Waals surface area contributed by atoms with Crippen LogP contribution in [0.4, 0.5) is 10.5 Å². The standard InChI is InChI=1S/C29H28N2O4/c32-20-28(33)23-9-7-21(8-10-23)19-31(29(34)30-13-15-35-16-14-30)27-6-2-5-25(18-27)26-12-11-22-3-1-4-24(22)17-26/h1-3,5-12,17-18,32H,4,13-16,19-20H2. The maximum Gasteiger partial charge on any atom is 0.324 e. The number of allylic oxidation sites excluding steroid dienone is 1. The average molecular weight is 469 g/mol. The summed E-state index contributed by atoms with van der Waals surface area (Å²) in [6.07, 6.45) is 5.27. The highest BCUT2D eigenvalue weighted by molar-refractivity contribution is 5.97. The number of urea groups is 1. The van der Waals surface area contributed by atoms with Gasteiger partial charge in [0.25, 0.3) is 0 Å². The van der Waals surface area contributed by atoms with Crippen LogP contribution in [0.3, 0.4) is 0 Å². The van der Waals surface area contributed by atoms with Gasteiger partial charge in [-0.1, -0.05) is 66.7 Å². The number of nitrogens with zero attached hydrogens (tertiary/aromatic N) is 2. The second-order valence-electron chi connectivity index (χ2n) is 8.82. The van der Waals surface area contributed by atoms with E-state index >= 15 is 0 Å². The van der Waals surface area contributed by atoms with Gasteiger partial charge in [0.15, 0.2) is 5.78 Å². The SMILES string of the molecule is O=C(CO)c1ccc(CN(C(=O)N2CCOCC2)c2cccc(-c3ccc4c(c3)CC=C4)c2)cc1. The zero-order valence-electron chi connectivity index (χ0n) is 19.5. The topological polar surface area (TPSA) is 70.1 Å². The lowest BCUT2D eigenvalue weighted by atomic mass is 9.99. The number of morpholine rings is 1. The molecule has 2 amide bonds. The number of aliphatic hydroxyl groups excluding tert-OH is 1. The molecule has 0 atom stereocenters. The van der Waals surface area contributed by atoms with Crippen LogP contribution in [0.5, 0.6) is 0 Å². The Bertz CT molecular complexity index is 1260. The maximum atomic E-state index is 13.6. The van der Waals surface area contributed by atoms with Crippen molar-refractivity contribution in [1.29, 1.82) is 0 Å². The number of anilines is 1. The lowest BCUT2D eigenvalue weighted by Gasteiger charge is -2.33. The van der Waals surface area contributed by atoms with E-state index in [-0.39, 0.29) is 11.8 Å². The van der Waals surface area contributed by atoms with Gasteiger partial charge in [0.1, 0.15) is 6.61 Å². The Morgan fingerprint density at radius 1 is 0.943 bits per heavy atom. The highest BCUT2D eigenvalue weighted by Crippen LogP contribution is 2.30. The minimum absolute atomic E-state index is 0.0703. The minimum Gasteiger partial charge on any atom is -0.388 e. The van der Waals surface area contributed by atoms with E-state index in [9.17, 15) is 9.59 Å². The average Bonchev–Trinajstić information content (AvgIpc) is 3.40. The molecule has 0 bridgehead atoms. The van der Waals surface area contributed by atoms with E-state index < -0.39 is 6.61 Å². The monoisotopic (exact) mass is 468 g/mol. The van der Waals surface area contributed by atoms with Gasteiger partial charge >= 0.3 is 6.03 Å². The number of benzene rings is 3. The van der Waals surface area contributed by atoms with Crippen molar-refractivity contribution in [3.63, 3.8) is 0 Å². The molecule has 5 rings (SSSR count). The summed E-state index contributed by atoms with van der Waals surface area (Å²) in [5.74, 6) is -0.324. The third kappa shape index (κ3) is 5.04. The Kier molecular flexibility index (Phi) is 6.75. The highest BCUT2D eigenvalue weighted by Gasteiger charge is 2.25. The Hall–Kier alpha value is -3.74. The van der Waals surface area contributed by atoms with E-state index in [1.54, 1.807) is 17.0 Å². The summed E-state index contributed by atoms with van der Waals surface area (Å²) in [7, 11) is 0. The van der Waals surface area contributed by atoms with Crippen molar-refractivity contribution in [3.05, 3.63) is 95.1 Å². The quantitative estimate of drug-likeness (QED) is 0.539. The van der Waals surface area contributed by atoms with Crippen molar-refractivity contribution in [3.8, 4) is 11.1 Å². The van der Waals surface area contributed by atoms with Gasteiger partial charge in [-0.25, -0.2) is 4.79 Å². The fourth-order valence-electron chi connectivity index (χ4n) is 4.56. The fourth-order valence-corrected chi connectivity index (χ4v) is 4.56. The summed E-state index contributed by atoms with van der Waals surface area (Å²) in [5.41, 5.74) is 6.92. The van der Waals surface area contributed by atoms with Gasteiger partial charge in [-0.3, -0.25) is 9.69 Å². The van der Waals surface area contributed by atoms with E-state index in [1.165, 1.54) is 11.1 Å². The first kappa shape index (κ1) is 23.0. The second-order valence-corrected chi connectivity index (χ2v) is 8.82. The van der Waals surface area contributed by atoms with Crippen LogP contribution in [0.15, 0.2) is 72.8 Å². The Balaban J connectivity index is 1.46. The Morgan fingerprint density at radius 3 is 2.49 bits per heavy atom. The first-order chi connectivity index (χ1) is 17.1. The van der Waals surface area contributed by atoms with Crippen LogP contribution in [0, 0.1) is 0 Å². The zero-order chi connectivity index (χ0) is 24.2. The molecule has 0 spiro atoms. The van der Waals surface area contributed by atoms with E-state index in [0.29, 0.717) is 38.4 Å². The maximum absolute atomic E-state index is 13.6. The van der Waals surface area contributed by atoms with Crippen LogP contribution in [0.25, 0.3) is 17.2 Å². The Labute approximate surface area is 205 Å². The third-order valence-electron chi connectivity index (χ3n) is 6.54. The number of ketones is 1. The van der Waals surface area contributed by atoms with Crippen molar-refractivity contribution >= 4 is 23.6 Å². The predicted molar refractivity (Wildman–Crippen MR) is 136 cm³/mol. The van der Waals surface area contributed by atoms with Gasteiger partial charge in [0, 0.05) is 24.3 Å². The largest absolute Gasteiger partial charge is 0.388 e. The molecule has 35 heavy (non-hydrogen) atoms. The van der Waals surface area contributed by atoms with Crippen molar-refractivity contribution in [2.45, 2.75) is 13.0 Å². The van der Waals surface area contributed by atoms with Crippen molar-refractivity contribution < 1.29 is 19.4 Å². The summed E-state index contributed by atoms with van der Waals surface area (Å²) < 4.78 is 5.44. The molecule has 0 radical (unpaired) electrons. The molecular formula is C29H28N2O4. The van der Waals surface area contributed by atoms with E-state index in [4.69, 9.17) is 9.84 Å². The number of fused-ring (bicyclic) bond motifs is 1. The third-order valence-corrected chi connectivity index (χ3v) is 6.54. The Morgan fingerprint density at radius 2 is 1.71 bits per heavy atom. The molecule has 2 aliphatic rings. The lowest BCUT2D eigenvalue weighted by molar-refractivity contribution is 0.0548. The van der Waals surface area contributed by atoms with E-state index in [0.717, 1.165) is 28.8 Å². The molecule has 0 saturated carbocycles. The first-order valence-electron chi connectivity index (χ1n) is 11.9. The molecule has 0 unspecified atom stereocenters. The first-order valence-corrected chi connectivity index (χ1v) is 11.9. The molecule has 1 N–H and O–H groups in total. The number of Topliss-reactive ketones (excluding diaryl/α,β-unsaturated/α-hetero) is 1. The van der Waals surface area contributed by atoms with Gasteiger partial charge in [-0.05, 0) is 46.4 Å². The van der Waals surface area contributed by atoms with Crippen molar-refractivity contribution in [2.75, 3.05) is 37.8 Å². The van der Waals surface area contributed by atoms with Gasteiger partial charge in [0.2, 0.25) is 0 Å². The summed E-state index contributed by atoms with van der Waals surface area (Å²) in [6, 6.07) is 21.6. The van der Waals surface area contributed by atoms with Crippen LogP contribution in [0.2, 0.25) is 0 Å². The zero-order valence-corrected chi connectivity index (χ0v) is 19.5. The van der Waals surface area contributed by atoms with Gasteiger partial charge < -0.3 is 14.7 Å². The van der Waals surface area contributed by atoms with Crippen LogP contribution < -0.4 is 4.90 Å². The molecule has 178 valence electrons. The van der Waals surface area contributed by atoms with Gasteiger partial charge in [-0.2, -0.15) is 0 Å². The minimum atomic E-state index is -0.521. The van der Waals surface area contributed by atoms with E-state index in [1.807, 2.05) is 29.2 Å². The number of hydrogen-bond donors (Lipinski definition) is 1. The van der Waals surface area contributed by atoms with Gasteiger partial charge in [-0.15, -0.1) is 0 Å². The van der Waals surface area contributed by atoms with Crippen molar-refractivity contribution in [2.24, 2.45) is 0 Å². The molecule has 1 aliphatic heterocycles. The number of hydrogen-bond acceptors (Lipinski definition) is 4. The normalized spacial score (nSPS) is 14.6. The number of rotatable bonds is 6. The highest BCUT2D eigenvalue weighted by atomic mass is 16.5. The summed E-state index contributed by atoms with van der Waals surface area (Å²) in [4.78, 5) is 29.0. The second kappa shape index (κ2) is 10.3. The molecule has 1 saturated heterocycles. The van der Waals surface area contributed by atoms with Crippen LogP contribution in [-0.2, 0) is 17.7 Å². The number of aliphatic hydroxyl groups is 1. The van der Waals surface area contributed by atoms with Gasteiger partial charge in [0.05, 0.1) is 19.8 Å².